The van der Waals surface area contributed by atoms with Crippen LogP contribution in [0.15, 0.2) is 28.8 Å². The van der Waals surface area contributed by atoms with E-state index in [4.69, 9.17) is 9.26 Å². The van der Waals surface area contributed by atoms with Crippen LogP contribution in [0, 0.1) is 6.92 Å². The summed E-state index contributed by atoms with van der Waals surface area (Å²) >= 11 is 0. The minimum atomic E-state index is -0.340. The van der Waals surface area contributed by atoms with Crippen molar-refractivity contribution in [3.63, 3.8) is 0 Å². The average molecular weight is 327 g/mol. The number of aryl methyl sites for hydroxylation is 1. The van der Waals surface area contributed by atoms with Crippen molar-refractivity contribution < 1.29 is 14.1 Å². The standard InChI is InChI=1S/C18H21N3O3/c1-11-3-5-14(6-4-11)18(22)21-9-10-23-12(2)15(21)17-19-16(20-24-17)13-7-8-13/h3-6,12-13,15H,7-10H2,1-2H3/t12-,15+/m1/s1. The maximum absolute atomic E-state index is 13.0. The molecule has 0 bridgehead atoms. The van der Waals surface area contributed by atoms with E-state index in [1.54, 1.807) is 4.90 Å². The Balaban J connectivity index is 1.63. The summed E-state index contributed by atoms with van der Waals surface area (Å²) in [5.74, 6) is 1.62. The van der Waals surface area contributed by atoms with Gasteiger partial charge in [0.25, 0.3) is 11.8 Å². The van der Waals surface area contributed by atoms with Gasteiger partial charge in [0, 0.05) is 18.0 Å². The highest BCUT2D eigenvalue weighted by Crippen LogP contribution is 2.39. The molecule has 1 saturated carbocycles. The fourth-order valence-corrected chi connectivity index (χ4v) is 3.12. The van der Waals surface area contributed by atoms with E-state index in [2.05, 4.69) is 10.1 Å². The van der Waals surface area contributed by atoms with Crippen LogP contribution in [0.4, 0.5) is 0 Å². The van der Waals surface area contributed by atoms with Crippen molar-refractivity contribution in [2.45, 2.75) is 44.8 Å². The average Bonchev–Trinajstić information content (AvgIpc) is 3.33. The molecule has 2 fully saturated rings. The van der Waals surface area contributed by atoms with Gasteiger partial charge >= 0.3 is 0 Å². The van der Waals surface area contributed by atoms with Gasteiger partial charge in [-0.25, -0.2) is 0 Å². The number of amides is 1. The summed E-state index contributed by atoms with van der Waals surface area (Å²) in [7, 11) is 0. The van der Waals surface area contributed by atoms with Crippen LogP contribution in [-0.2, 0) is 4.74 Å². The van der Waals surface area contributed by atoms with Gasteiger partial charge in [0.2, 0.25) is 0 Å². The summed E-state index contributed by atoms with van der Waals surface area (Å²) in [6, 6.07) is 7.28. The number of carbonyl (C=O) groups excluding carboxylic acids is 1. The Kier molecular flexibility index (Phi) is 3.84. The fourth-order valence-electron chi connectivity index (χ4n) is 3.12. The van der Waals surface area contributed by atoms with Crippen LogP contribution < -0.4 is 0 Å². The normalized spacial score (nSPS) is 24.2. The van der Waals surface area contributed by atoms with Gasteiger partial charge < -0.3 is 14.2 Å². The number of ether oxygens (including phenoxy) is 1. The number of carbonyl (C=O) groups is 1. The molecule has 4 rings (SSSR count). The van der Waals surface area contributed by atoms with E-state index >= 15 is 0 Å². The minimum absolute atomic E-state index is 0.0266. The monoisotopic (exact) mass is 327 g/mol. The quantitative estimate of drug-likeness (QED) is 0.867. The van der Waals surface area contributed by atoms with Crippen molar-refractivity contribution in [3.8, 4) is 0 Å². The molecular weight excluding hydrogens is 306 g/mol. The molecule has 0 N–H and O–H groups in total. The fraction of sp³-hybridized carbons (Fsp3) is 0.500. The summed E-state index contributed by atoms with van der Waals surface area (Å²) in [6.07, 6.45) is 2.05. The van der Waals surface area contributed by atoms with Gasteiger partial charge in [0.1, 0.15) is 6.04 Å². The SMILES string of the molecule is Cc1ccc(C(=O)N2CCO[C@H](C)[C@H]2c2nc(C3CC3)no2)cc1. The Hall–Kier alpha value is -2.21. The number of nitrogens with zero attached hydrogens (tertiary/aromatic N) is 3. The lowest BCUT2D eigenvalue weighted by atomic mass is 10.1. The number of morpholine rings is 1. The summed E-state index contributed by atoms with van der Waals surface area (Å²) in [5, 5.41) is 4.09. The molecule has 0 unspecified atom stereocenters. The third kappa shape index (κ3) is 2.82. The van der Waals surface area contributed by atoms with E-state index in [9.17, 15) is 4.79 Å². The van der Waals surface area contributed by atoms with Gasteiger partial charge in [0.15, 0.2) is 5.82 Å². The summed E-state index contributed by atoms with van der Waals surface area (Å²) in [4.78, 5) is 19.3. The Labute approximate surface area is 140 Å². The number of hydrogen-bond donors (Lipinski definition) is 0. The molecule has 1 aliphatic heterocycles. The molecule has 6 nitrogen and oxygen atoms in total. The first-order valence-electron chi connectivity index (χ1n) is 8.46. The molecule has 1 aromatic heterocycles. The zero-order chi connectivity index (χ0) is 16.7. The predicted molar refractivity (Wildman–Crippen MR) is 86.6 cm³/mol. The summed E-state index contributed by atoms with van der Waals surface area (Å²) in [5.41, 5.74) is 1.80. The van der Waals surface area contributed by atoms with Gasteiger partial charge in [-0.05, 0) is 38.8 Å². The number of rotatable bonds is 3. The van der Waals surface area contributed by atoms with Crippen molar-refractivity contribution in [1.29, 1.82) is 0 Å². The first kappa shape index (κ1) is 15.3. The maximum atomic E-state index is 13.0. The molecule has 0 spiro atoms. The Morgan fingerprint density at radius 3 is 2.71 bits per heavy atom. The largest absolute Gasteiger partial charge is 0.374 e. The lowest BCUT2D eigenvalue weighted by molar-refractivity contribution is -0.0600. The third-order valence-electron chi connectivity index (χ3n) is 4.71. The minimum Gasteiger partial charge on any atom is -0.374 e. The van der Waals surface area contributed by atoms with Crippen LogP contribution in [0.5, 0.6) is 0 Å². The van der Waals surface area contributed by atoms with Gasteiger partial charge in [-0.2, -0.15) is 4.98 Å². The number of benzene rings is 1. The second kappa shape index (κ2) is 6.02. The second-order valence-electron chi connectivity index (χ2n) is 6.65. The molecular formula is C18H21N3O3. The van der Waals surface area contributed by atoms with Crippen LogP contribution in [0.3, 0.4) is 0 Å². The zero-order valence-electron chi connectivity index (χ0n) is 13.9. The van der Waals surface area contributed by atoms with E-state index in [0.29, 0.717) is 30.5 Å². The van der Waals surface area contributed by atoms with Crippen molar-refractivity contribution in [3.05, 3.63) is 47.1 Å². The Morgan fingerprint density at radius 1 is 1.25 bits per heavy atom. The molecule has 2 aromatic rings. The smallest absolute Gasteiger partial charge is 0.254 e. The van der Waals surface area contributed by atoms with Gasteiger partial charge in [-0.3, -0.25) is 4.79 Å². The molecule has 126 valence electrons. The highest BCUT2D eigenvalue weighted by Gasteiger charge is 2.39. The zero-order valence-corrected chi connectivity index (χ0v) is 13.9. The molecule has 24 heavy (non-hydrogen) atoms. The number of hydrogen-bond acceptors (Lipinski definition) is 5. The molecule has 1 aromatic carbocycles. The molecule has 2 heterocycles. The molecule has 1 saturated heterocycles. The third-order valence-corrected chi connectivity index (χ3v) is 4.71. The molecule has 2 aliphatic rings. The number of aromatic nitrogens is 2. The van der Waals surface area contributed by atoms with Crippen LogP contribution >= 0.6 is 0 Å². The van der Waals surface area contributed by atoms with Crippen LogP contribution in [0.25, 0.3) is 0 Å². The van der Waals surface area contributed by atoms with Crippen molar-refractivity contribution in [1.82, 2.24) is 15.0 Å². The topological polar surface area (TPSA) is 68.5 Å². The molecule has 6 heteroatoms. The Bertz CT molecular complexity index is 736. The van der Waals surface area contributed by atoms with Gasteiger partial charge in [-0.1, -0.05) is 22.9 Å². The highest BCUT2D eigenvalue weighted by molar-refractivity contribution is 5.94. The molecule has 1 aliphatic carbocycles. The van der Waals surface area contributed by atoms with E-state index in [1.165, 1.54) is 0 Å². The van der Waals surface area contributed by atoms with E-state index in [-0.39, 0.29) is 18.1 Å². The van der Waals surface area contributed by atoms with Crippen LogP contribution in [0.1, 0.15) is 59.4 Å². The predicted octanol–water partition coefficient (Wildman–Crippen LogP) is 2.86. The maximum Gasteiger partial charge on any atom is 0.254 e. The van der Waals surface area contributed by atoms with Crippen molar-refractivity contribution >= 4 is 5.91 Å². The summed E-state index contributed by atoms with van der Waals surface area (Å²) in [6.45, 7) is 4.98. The first-order valence-corrected chi connectivity index (χ1v) is 8.46. The van der Waals surface area contributed by atoms with Crippen LogP contribution in [-0.4, -0.2) is 40.2 Å². The molecule has 2 atom stereocenters. The lowest BCUT2D eigenvalue weighted by Gasteiger charge is -2.37. The second-order valence-corrected chi connectivity index (χ2v) is 6.65. The molecule has 0 radical (unpaired) electrons. The highest BCUT2D eigenvalue weighted by atomic mass is 16.5. The lowest BCUT2D eigenvalue weighted by Crippen LogP contribution is -2.47. The molecule has 1 amide bonds. The van der Waals surface area contributed by atoms with Crippen molar-refractivity contribution in [2.24, 2.45) is 0 Å². The van der Waals surface area contributed by atoms with Crippen molar-refractivity contribution in [2.75, 3.05) is 13.2 Å². The Morgan fingerprint density at radius 2 is 2.00 bits per heavy atom. The van der Waals surface area contributed by atoms with E-state index in [0.717, 1.165) is 24.2 Å². The summed E-state index contributed by atoms with van der Waals surface area (Å²) < 4.78 is 11.2. The van der Waals surface area contributed by atoms with Crippen LogP contribution in [0.2, 0.25) is 0 Å². The van der Waals surface area contributed by atoms with Gasteiger partial charge in [0.05, 0.1) is 12.7 Å². The first-order chi connectivity index (χ1) is 11.6. The van der Waals surface area contributed by atoms with Gasteiger partial charge in [-0.15, -0.1) is 0 Å². The van der Waals surface area contributed by atoms with E-state index in [1.807, 2.05) is 38.1 Å². The van der Waals surface area contributed by atoms with E-state index < -0.39 is 0 Å².